The second kappa shape index (κ2) is 6.94. The molecule has 2 amide bonds. The zero-order valence-corrected chi connectivity index (χ0v) is 17.7. The lowest BCUT2D eigenvalue weighted by atomic mass is 10.1. The Morgan fingerprint density at radius 3 is 2.48 bits per heavy atom. The average Bonchev–Trinajstić information content (AvgIpc) is 2.83. The van der Waals surface area contributed by atoms with Crippen molar-refractivity contribution in [3.05, 3.63) is 59.7 Å². The second-order valence-electron chi connectivity index (χ2n) is 5.73. The van der Waals surface area contributed by atoms with E-state index in [0.717, 1.165) is 14.7 Å². The van der Waals surface area contributed by atoms with Crippen molar-refractivity contribution < 1.29 is 14.7 Å². The molecule has 1 aliphatic rings. The van der Waals surface area contributed by atoms with Gasteiger partial charge in [-0.1, -0.05) is 6.07 Å². The summed E-state index contributed by atoms with van der Waals surface area (Å²) in [6.45, 7) is 3.93. The number of phenols is 1. The molecule has 5 nitrogen and oxygen atoms in total. The minimum Gasteiger partial charge on any atom is -0.506 e. The van der Waals surface area contributed by atoms with Crippen molar-refractivity contribution in [2.45, 2.75) is 13.8 Å². The molecule has 0 saturated carbocycles. The quantitative estimate of drug-likeness (QED) is 0.335. The molecule has 128 valence electrons. The largest absolute Gasteiger partial charge is 0.506 e. The van der Waals surface area contributed by atoms with Crippen LogP contribution in [-0.2, 0) is 9.59 Å². The van der Waals surface area contributed by atoms with Gasteiger partial charge >= 0.3 is 0 Å². The highest BCUT2D eigenvalue weighted by Crippen LogP contribution is 2.30. The number of hydrogen-bond acceptors (Lipinski definition) is 3. The molecule has 1 aliphatic heterocycles. The SMILES string of the molecule is Cc1ccc(N2NC(=O)/C(=C\c3cc(I)cc(I)c3O)C2=O)cc1C. The third-order valence-electron chi connectivity index (χ3n) is 4.00. The number of halogens is 2. The van der Waals surface area contributed by atoms with Crippen LogP contribution in [0.4, 0.5) is 5.69 Å². The number of aryl methyl sites for hydroxylation is 2. The highest BCUT2D eigenvalue weighted by atomic mass is 127. The third-order valence-corrected chi connectivity index (χ3v) is 5.44. The monoisotopic (exact) mass is 560 g/mol. The van der Waals surface area contributed by atoms with Crippen LogP contribution in [0.15, 0.2) is 35.9 Å². The first-order valence-corrected chi connectivity index (χ1v) is 9.56. The summed E-state index contributed by atoms with van der Waals surface area (Å²) in [5.41, 5.74) is 5.75. The van der Waals surface area contributed by atoms with Crippen molar-refractivity contribution in [2.75, 3.05) is 5.01 Å². The topological polar surface area (TPSA) is 69.6 Å². The van der Waals surface area contributed by atoms with E-state index in [4.69, 9.17) is 0 Å². The fourth-order valence-electron chi connectivity index (χ4n) is 2.46. The van der Waals surface area contributed by atoms with E-state index < -0.39 is 11.8 Å². The number of carbonyl (C=O) groups excluding carboxylic acids is 2. The molecule has 1 fully saturated rings. The van der Waals surface area contributed by atoms with E-state index in [2.05, 4.69) is 28.0 Å². The number of benzene rings is 2. The molecule has 25 heavy (non-hydrogen) atoms. The zero-order valence-electron chi connectivity index (χ0n) is 13.4. The maximum absolute atomic E-state index is 12.7. The van der Waals surface area contributed by atoms with Crippen LogP contribution in [0.2, 0.25) is 0 Å². The van der Waals surface area contributed by atoms with Gasteiger partial charge in [0.05, 0.1) is 9.26 Å². The van der Waals surface area contributed by atoms with Gasteiger partial charge in [-0.05, 0) is 100 Å². The van der Waals surface area contributed by atoms with E-state index in [1.807, 2.05) is 54.6 Å². The van der Waals surface area contributed by atoms with E-state index in [9.17, 15) is 14.7 Å². The van der Waals surface area contributed by atoms with E-state index in [-0.39, 0.29) is 11.3 Å². The summed E-state index contributed by atoms with van der Waals surface area (Å²) < 4.78 is 1.57. The average molecular weight is 560 g/mol. The molecule has 1 saturated heterocycles. The number of nitrogens with one attached hydrogen (secondary N) is 1. The Hall–Kier alpha value is -1.62. The number of amides is 2. The predicted octanol–water partition coefficient (Wildman–Crippen LogP) is 3.68. The minimum atomic E-state index is -0.489. The number of aromatic hydroxyl groups is 1. The van der Waals surface area contributed by atoms with Crippen LogP contribution in [0.25, 0.3) is 6.08 Å². The molecule has 2 aromatic rings. The normalized spacial score (nSPS) is 15.8. The maximum Gasteiger partial charge on any atom is 0.282 e. The van der Waals surface area contributed by atoms with E-state index in [0.29, 0.717) is 14.8 Å². The van der Waals surface area contributed by atoms with Gasteiger partial charge in [0.1, 0.15) is 11.3 Å². The van der Waals surface area contributed by atoms with Crippen molar-refractivity contribution in [2.24, 2.45) is 0 Å². The van der Waals surface area contributed by atoms with E-state index >= 15 is 0 Å². The molecule has 0 bridgehead atoms. The Morgan fingerprint density at radius 1 is 1.08 bits per heavy atom. The highest BCUT2D eigenvalue weighted by Gasteiger charge is 2.34. The summed E-state index contributed by atoms with van der Waals surface area (Å²) in [5, 5.41) is 11.4. The van der Waals surface area contributed by atoms with Gasteiger partial charge in [0, 0.05) is 9.13 Å². The molecular formula is C18H14I2N2O3. The fourth-order valence-corrected chi connectivity index (χ4v) is 4.34. The molecule has 0 aromatic heterocycles. The Bertz CT molecular complexity index is 938. The molecule has 0 aliphatic carbocycles. The first kappa shape index (κ1) is 18.2. The number of hydrazine groups is 1. The summed E-state index contributed by atoms with van der Waals surface area (Å²) >= 11 is 4.14. The lowest BCUT2D eigenvalue weighted by Crippen LogP contribution is -2.35. The van der Waals surface area contributed by atoms with Crippen LogP contribution in [0.3, 0.4) is 0 Å². The molecule has 2 N–H and O–H groups in total. The second-order valence-corrected chi connectivity index (χ2v) is 8.14. The number of phenolic OH excluding ortho intramolecular Hbond substituents is 1. The van der Waals surface area contributed by atoms with Crippen LogP contribution >= 0.6 is 45.2 Å². The molecule has 1 heterocycles. The smallest absolute Gasteiger partial charge is 0.282 e. The van der Waals surface area contributed by atoms with Crippen molar-refractivity contribution in [1.82, 2.24) is 5.43 Å². The maximum atomic E-state index is 12.7. The van der Waals surface area contributed by atoms with Gasteiger partial charge in [0.2, 0.25) is 0 Å². The van der Waals surface area contributed by atoms with Gasteiger partial charge in [-0.2, -0.15) is 0 Å². The van der Waals surface area contributed by atoms with Gasteiger partial charge in [0.25, 0.3) is 11.8 Å². The Kier molecular flexibility index (Phi) is 5.05. The van der Waals surface area contributed by atoms with Crippen LogP contribution in [0, 0.1) is 21.0 Å². The zero-order chi connectivity index (χ0) is 18.3. The predicted molar refractivity (Wildman–Crippen MR) is 113 cm³/mol. The van der Waals surface area contributed by atoms with Crippen molar-refractivity contribution >= 4 is 68.8 Å². The number of rotatable bonds is 2. The van der Waals surface area contributed by atoms with Gasteiger partial charge in [-0.15, -0.1) is 0 Å². The van der Waals surface area contributed by atoms with Crippen molar-refractivity contribution in [3.8, 4) is 5.75 Å². The molecule has 2 aromatic carbocycles. The molecule has 0 spiro atoms. The van der Waals surface area contributed by atoms with E-state index in [1.165, 1.54) is 11.1 Å². The summed E-state index contributed by atoms with van der Waals surface area (Å²) in [6.07, 6.45) is 1.43. The van der Waals surface area contributed by atoms with Gasteiger partial charge in [-0.3, -0.25) is 15.0 Å². The standard InChI is InChI=1S/C18H14I2N2O3/c1-9-3-4-13(5-10(9)2)22-18(25)14(17(24)21-22)7-11-6-12(19)8-15(20)16(11)23/h3-8,23H,1-2H3,(H,21,24)/b14-7+. The molecule has 0 unspecified atom stereocenters. The molecule has 0 radical (unpaired) electrons. The number of anilines is 1. The number of nitrogens with zero attached hydrogens (tertiary/aromatic N) is 1. The van der Waals surface area contributed by atoms with E-state index in [1.54, 1.807) is 12.1 Å². The Morgan fingerprint density at radius 2 is 1.80 bits per heavy atom. The Balaban J connectivity index is 2.01. The minimum absolute atomic E-state index is 0.00803. The number of hydrogen-bond donors (Lipinski definition) is 2. The summed E-state index contributed by atoms with van der Waals surface area (Å²) in [7, 11) is 0. The molecular weight excluding hydrogens is 546 g/mol. The van der Waals surface area contributed by atoms with Gasteiger partial charge in [0.15, 0.2) is 0 Å². The van der Waals surface area contributed by atoms with Crippen LogP contribution < -0.4 is 10.4 Å². The van der Waals surface area contributed by atoms with Crippen LogP contribution in [0.5, 0.6) is 5.75 Å². The first-order valence-electron chi connectivity index (χ1n) is 7.40. The van der Waals surface area contributed by atoms with Crippen LogP contribution in [0.1, 0.15) is 16.7 Å². The van der Waals surface area contributed by atoms with Gasteiger partial charge in [-0.25, -0.2) is 5.01 Å². The summed E-state index contributed by atoms with van der Waals surface area (Å²) in [4.78, 5) is 25.0. The summed E-state index contributed by atoms with van der Waals surface area (Å²) in [5.74, 6) is -0.878. The van der Waals surface area contributed by atoms with Gasteiger partial charge < -0.3 is 5.11 Å². The number of carbonyl (C=O) groups is 2. The highest BCUT2D eigenvalue weighted by molar-refractivity contribution is 14.1. The summed E-state index contributed by atoms with van der Waals surface area (Å²) in [6, 6.07) is 9.08. The first-order chi connectivity index (χ1) is 11.8. The van der Waals surface area contributed by atoms with Crippen LogP contribution in [-0.4, -0.2) is 16.9 Å². The fraction of sp³-hybridized carbons (Fsp3) is 0.111. The Labute approximate surface area is 172 Å². The molecule has 3 rings (SSSR count). The van der Waals surface area contributed by atoms with Crippen molar-refractivity contribution in [3.63, 3.8) is 0 Å². The lowest BCUT2D eigenvalue weighted by Gasteiger charge is -2.16. The third kappa shape index (κ3) is 3.52. The molecule has 0 atom stereocenters. The lowest BCUT2D eigenvalue weighted by molar-refractivity contribution is -0.117. The molecule has 7 heteroatoms. The van der Waals surface area contributed by atoms with Crippen molar-refractivity contribution in [1.29, 1.82) is 0 Å².